The topological polar surface area (TPSA) is 94.3 Å². The summed E-state index contributed by atoms with van der Waals surface area (Å²) in [5, 5.41) is 11.5. The van der Waals surface area contributed by atoms with Crippen molar-refractivity contribution < 1.29 is 19.2 Å². The van der Waals surface area contributed by atoms with Crippen molar-refractivity contribution in [2.75, 3.05) is 20.2 Å². The lowest BCUT2D eigenvalue weighted by Crippen LogP contribution is -2.28. The number of nitro benzene ring substituents is 1. The predicted molar refractivity (Wildman–Crippen MR) is 129 cm³/mol. The van der Waals surface area contributed by atoms with Gasteiger partial charge in [-0.1, -0.05) is 15.9 Å². The van der Waals surface area contributed by atoms with Gasteiger partial charge in [0.1, 0.15) is 6.61 Å². The quantitative estimate of drug-likeness (QED) is 0.268. The number of hydrogen-bond acceptors (Lipinski definition) is 7. The van der Waals surface area contributed by atoms with E-state index < -0.39 is 4.92 Å². The molecule has 2 aromatic carbocycles. The van der Waals surface area contributed by atoms with Crippen molar-refractivity contribution in [3.05, 3.63) is 67.0 Å². The first-order chi connectivity index (χ1) is 15.4. The molecule has 0 radical (unpaired) electrons. The van der Waals surface area contributed by atoms with Crippen molar-refractivity contribution in [2.45, 2.75) is 20.5 Å². The largest absolute Gasteiger partial charge is 0.493 e. The van der Waals surface area contributed by atoms with E-state index in [1.165, 1.54) is 23.9 Å². The molecule has 0 unspecified atom stereocenters. The Kier molecular flexibility index (Phi) is 7.92. The highest BCUT2D eigenvalue weighted by atomic mass is 79.9. The molecule has 0 bridgehead atoms. The van der Waals surface area contributed by atoms with Gasteiger partial charge in [0, 0.05) is 29.7 Å². The predicted octanol–water partition coefficient (Wildman–Crippen LogP) is 5.26. The van der Waals surface area contributed by atoms with E-state index in [0.29, 0.717) is 34.7 Å². The first-order valence-corrected chi connectivity index (χ1v) is 11.5. The van der Waals surface area contributed by atoms with Crippen molar-refractivity contribution >= 4 is 50.5 Å². The third kappa shape index (κ3) is 5.31. The number of methoxy groups -OCH3 is 1. The van der Waals surface area contributed by atoms with Gasteiger partial charge in [-0.05, 0) is 67.1 Å². The number of benzene rings is 2. The number of rotatable bonds is 8. The molecule has 1 amide bonds. The molecule has 1 saturated heterocycles. The lowest BCUT2D eigenvalue weighted by atomic mass is 10.1. The molecule has 1 fully saturated rings. The van der Waals surface area contributed by atoms with Crippen LogP contribution in [-0.2, 0) is 11.4 Å². The second-order valence-corrected chi connectivity index (χ2v) is 8.52. The molecule has 32 heavy (non-hydrogen) atoms. The van der Waals surface area contributed by atoms with E-state index in [1.54, 1.807) is 42.4 Å². The standard InChI is InChI=1S/C22H22BrN3O5S/c1-4-24-22-25(5-2)21(27)20(32-22)11-15-10-18(30-3)19(12-17(15)23)31-13-14-6-8-16(9-7-14)26(28)29/h6-12H,4-5,13H2,1-3H3/b20-11+,24-22?. The van der Waals surface area contributed by atoms with E-state index in [2.05, 4.69) is 20.9 Å². The van der Waals surface area contributed by atoms with Crippen LogP contribution >= 0.6 is 27.7 Å². The van der Waals surface area contributed by atoms with Crippen LogP contribution in [0.25, 0.3) is 6.08 Å². The van der Waals surface area contributed by atoms with Crippen LogP contribution in [0.3, 0.4) is 0 Å². The normalized spacial score (nSPS) is 16.1. The molecule has 2 aromatic rings. The molecule has 8 nitrogen and oxygen atoms in total. The van der Waals surface area contributed by atoms with Crippen LogP contribution in [0, 0.1) is 10.1 Å². The zero-order chi connectivity index (χ0) is 23.3. The SMILES string of the molecule is CCN=C1S/C(=C/c2cc(OC)c(OCc3ccc([N+](=O)[O-])cc3)cc2Br)C(=O)N1CC. The van der Waals surface area contributed by atoms with Gasteiger partial charge in [-0.15, -0.1) is 0 Å². The number of likely N-dealkylation sites (N-methyl/N-ethyl adjacent to an activating group) is 1. The highest BCUT2D eigenvalue weighted by Crippen LogP contribution is 2.38. The second-order valence-electron chi connectivity index (χ2n) is 6.65. The zero-order valence-corrected chi connectivity index (χ0v) is 20.2. The number of aliphatic imine (C=N–C) groups is 1. The number of carbonyl (C=O) groups is 1. The molecule has 168 valence electrons. The number of non-ortho nitro benzene ring substituents is 1. The van der Waals surface area contributed by atoms with E-state index in [9.17, 15) is 14.9 Å². The molecule has 0 aliphatic carbocycles. The minimum absolute atomic E-state index is 0.0274. The molecule has 3 rings (SSSR count). The number of amides is 1. The van der Waals surface area contributed by atoms with Gasteiger partial charge in [0.05, 0.1) is 16.9 Å². The molecule has 0 atom stereocenters. The van der Waals surface area contributed by atoms with Crippen LogP contribution in [0.1, 0.15) is 25.0 Å². The van der Waals surface area contributed by atoms with Gasteiger partial charge in [-0.2, -0.15) is 0 Å². The summed E-state index contributed by atoms with van der Waals surface area (Å²) in [5.74, 6) is 0.940. The summed E-state index contributed by atoms with van der Waals surface area (Å²) in [6, 6.07) is 9.74. The van der Waals surface area contributed by atoms with E-state index in [1.807, 2.05) is 13.8 Å². The number of hydrogen-bond donors (Lipinski definition) is 0. The Labute approximate surface area is 198 Å². The number of amidine groups is 1. The maximum absolute atomic E-state index is 12.7. The average Bonchev–Trinajstić information content (AvgIpc) is 3.08. The monoisotopic (exact) mass is 519 g/mol. The molecule has 0 saturated carbocycles. The zero-order valence-electron chi connectivity index (χ0n) is 17.8. The van der Waals surface area contributed by atoms with Crippen LogP contribution in [0.5, 0.6) is 11.5 Å². The lowest BCUT2D eigenvalue weighted by Gasteiger charge is -2.13. The Hall–Kier alpha value is -2.85. The first kappa shape index (κ1) is 23.8. The number of carbonyl (C=O) groups excluding carboxylic acids is 1. The Bertz CT molecular complexity index is 1090. The van der Waals surface area contributed by atoms with Crippen molar-refractivity contribution in [1.82, 2.24) is 4.90 Å². The Morgan fingerprint density at radius 2 is 1.94 bits per heavy atom. The van der Waals surface area contributed by atoms with Gasteiger partial charge in [0.2, 0.25) is 0 Å². The molecular formula is C22H22BrN3O5S. The summed E-state index contributed by atoms with van der Waals surface area (Å²) in [4.78, 5) is 29.7. The molecule has 1 aliphatic heterocycles. The number of thioether (sulfide) groups is 1. The summed E-state index contributed by atoms with van der Waals surface area (Å²) in [5.41, 5.74) is 1.59. The fraction of sp³-hybridized carbons (Fsp3) is 0.273. The second kappa shape index (κ2) is 10.6. The lowest BCUT2D eigenvalue weighted by molar-refractivity contribution is -0.384. The molecule has 1 aliphatic rings. The maximum atomic E-state index is 12.7. The van der Waals surface area contributed by atoms with Crippen LogP contribution in [0.2, 0.25) is 0 Å². The first-order valence-electron chi connectivity index (χ1n) is 9.87. The summed E-state index contributed by atoms with van der Waals surface area (Å²) < 4.78 is 12.1. The molecule has 0 spiro atoms. The minimum atomic E-state index is -0.442. The molecule has 10 heteroatoms. The summed E-state index contributed by atoms with van der Waals surface area (Å²) >= 11 is 4.90. The van der Waals surface area contributed by atoms with Crippen LogP contribution < -0.4 is 9.47 Å². The third-order valence-electron chi connectivity index (χ3n) is 4.61. The maximum Gasteiger partial charge on any atom is 0.269 e. The van der Waals surface area contributed by atoms with Gasteiger partial charge in [0.25, 0.3) is 11.6 Å². The fourth-order valence-corrected chi connectivity index (χ4v) is 4.52. The number of nitro groups is 1. The van der Waals surface area contributed by atoms with Crippen molar-refractivity contribution in [1.29, 1.82) is 0 Å². The van der Waals surface area contributed by atoms with Gasteiger partial charge in [-0.3, -0.25) is 24.8 Å². The molecule has 0 N–H and O–H groups in total. The van der Waals surface area contributed by atoms with Gasteiger partial charge >= 0.3 is 0 Å². The average molecular weight is 520 g/mol. The van der Waals surface area contributed by atoms with E-state index in [4.69, 9.17) is 9.47 Å². The Morgan fingerprint density at radius 1 is 1.22 bits per heavy atom. The molecule has 0 aromatic heterocycles. The van der Waals surface area contributed by atoms with Gasteiger partial charge in [0.15, 0.2) is 16.7 Å². The van der Waals surface area contributed by atoms with E-state index in [0.717, 1.165) is 15.6 Å². The van der Waals surface area contributed by atoms with Crippen molar-refractivity contribution in [3.63, 3.8) is 0 Å². The smallest absolute Gasteiger partial charge is 0.269 e. The van der Waals surface area contributed by atoms with Crippen LogP contribution in [-0.4, -0.2) is 41.1 Å². The summed E-state index contributed by atoms with van der Waals surface area (Å²) in [6.07, 6.45) is 1.81. The van der Waals surface area contributed by atoms with Crippen molar-refractivity contribution in [3.8, 4) is 11.5 Å². The van der Waals surface area contributed by atoms with E-state index in [-0.39, 0.29) is 18.2 Å². The van der Waals surface area contributed by atoms with Gasteiger partial charge < -0.3 is 9.47 Å². The number of ether oxygens (including phenoxy) is 2. The van der Waals surface area contributed by atoms with Crippen LogP contribution in [0.4, 0.5) is 5.69 Å². The van der Waals surface area contributed by atoms with Crippen LogP contribution in [0.15, 0.2) is 50.8 Å². The highest BCUT2D eigenvalue weighted by molar-refractivity contribution is 9.10. The molecule has 1 heterocycles. The summed E-state index contributed by atoms with van der Waals surface area (Å²) in [6.45, 7) is 5.24. The highest BCUT2D eigenvalue weighted by Gasteiger charge is 2.32. The summed E-state index contributed by atoms with van der Waals surface area (Å²) in [7, 11) is 1.54. The Morgan fingerprint density at radius 3 is 2.53 bits per heavy atom. The minimum Gasteiger partial charge on any atom is -0.493 e. The molecular weight excluding hydrogens is 498 g/mol. The Balaban J connectivity index is 1.82. The van der Waals surface area contributed by atoms with E-state index >= 15 is 0 Å². The fourth-order valence-electron chi connectivity index (χ4n) is 2.99. The van der Waals surface area contributed by atoms with Crippen molar-refractivity contribution in [2.24, 2.45) is 4.99 Å². The number of halogens is 1. The third-order valence-corrected chi connectivity index (χ3v) is 6.34. The number of nitrogens with zero attached hydrogens (tertiary/aromatic N) is 3. The van der Waals surface area contributed by atoms with Gasteiger partial charge in [-0.25, -0.2) is 0 Å².